The zero-order chi connectivity index (χ0) is 22.4. The molecule has 0 aliphatic heterocycles. The number of carbonyl (C=O) groups excluding carboxylic acids is 1. The summed E-state index contributed by atoms with van der Waals surface area (Å²) in [6.07, 6.45) is 0. The quantitative estimate of drug-likeness (QED) is 0.382. The molecule has 31 heavy (non-hydrogen) atoms. The molecule has 0 heterocycles. The molecule has 8 heteroatoms. The van der Waals surface area contributed by atoms with Crippen molar-refractivity contribution in [3.8, 4) is 11.5 Å². The lowest BCUT2D eigenvalue weighted by Gasteiger charge is -2.13. The lowest BCUT2D eigenvalue weighted by molar-refractivity contribution is -0.118. The van der Waals surface area contributed by atoms with Crippen molar-refractivity contribution in [3.63, 3.8) is 0 Å². The van der Waals surface area contributed by atoms with Gasteiger partial charge in [0.15, 0.2) is 18.1 Å². The van der Waals surface area contributed by atoms with Crippen LogP contribution < -0.4 is 20.1 Å². The zero-order valence-corrected chi connectivity index (χ0v) is 19.2. The fourth-order valence-electron chi connectivity index (χ4n) is 2.76. The van der Waals surface area contributed by atoms with Gasteiger partial charge in [-0.15, -0.1) is 0 Å². The number of halogens is 3. The molecule has 0 aromatic heterocycles. The molecule has 0 aliphatic carbocycles. The van der Waals surface area contributed by atoms with E-state index in [1.165, 1.54) is 0 Å². The maximum atomic E-state index is 12.2. The van der Waals surface area contributed by atoms with E-state index in [1.54, 1.807) is 31.4 Å². The summed E-state index contributed by atoms with van der Waals surface area (Å²) >= 11 is 18.0. The molecule has 0 unspecified atom stereocenters. The standard InChI is InChI=1S/C23H21Cl3N2O3/c1-14-3-5-16(10-19(14)25)27-12-15-4-8-21(22(9-15)30-2)31-13-23(29)28-17-6-7-18(24)20(26)11-17/h3-11,27H,12-13H2,1-2H3,(H,28,29). The van der Waals surface area contributed by atoms with E-state index in [0.717, 1.165) is 16.8 Å². The number of nitrogens with one attached hydrogen (secondary N) is 2. The van der Waals surface area contributed by atoms with Gasteiger partial charge in [-0.25, -0.2) is 0 Å². The van der Waals surface area contributed by atoms with Gasteiger partial charge in [-0.3, -0.25) is 4.79 Å². The summed E-state index contributed by atoms with van der Waals surface area (Å²) in [6.45, 7) is 2.35. The Kier molecular flexibility index (Phi) is 7.91. The molecule has 3 rings (SSSR count). The minimum absolute atomic E-state index is 0.184. The Labute approximate surface area is 196 Å². The van der Waals surface area contributed by atoms with Crippen LogP contribution >= 0.6 is 34.8 Å². The maximum absolute atomic E-state index is 12.2. The van der Waals surface area contributed by atoms with E-state index >= 15 is 0 Å². The predicted octanol–water partition coefficient (Wildman–Crippen LogP) is 6.59. The first-order valence-electron chi connectivity index (χ1n) is 9.40. The third-order valence-corrected chi connectivity index (χ3v) is 5.60. The van der Waals surface area contributed by atoms with Crippen molar-refractivity contribution < 1.29 is 14.3 Å². The van der Waals surface area contributed by atoms with Gasteiger partial charge in [0.25, 0.3) is 5.91 Å². The van der Waals surface area contributed by atoms with Gasteiger partial charge in [0.2, 0.25) is 0 Å². The molecular weight excluding hydrogens is 459 g/mol. The molecule has 162 valence electrons. The predicted molar refractivity (Wildman–Crippen MR) is 127 cm³/mol. The van der Waals surface area contributed by atoms with Gasteiger partial charge < -0.3 is 20.1 Å². The summed E-state index contributed by atoms with van der Waals surface area (Å²) in [6, 6.07) is 16.2. The number of carbonyl (C=O) groups is 1. The van der Waals surface area contributed by atoms with Crippen LogP contribution in [-0.2, 0) is 11.3 Å². The van der Waals surface area contributed by atoms with E-state index < -0.39 is 0 Å². The van der Waals surface area contributed by atoms with Gasteiger partial charge in [0, 0.05) is 22.9 Å². The summed E-state index contributed by atoms with van der Waals surface area (Å²) in [5.41, 5.74) is 3.47. The summed E-state index contributed by atoms with van der Waals surface area (Å²) < 4.78 is 11.0. The molecule has 0 saturated carbocycles. The Morgan fingerprint density at radius 2 is 1.61 bits per heavy atom. The number of ether oxygens (including phenoxy) is 2. The Bertz CT molecular complexity index is 1090. The summed E-state index contributed by atoms with van der Waals surface area (Å²) in [5, 5.41) is 7.52. The first-order valence-corrected chi connectivity index (χ1v) is 10.5. The number of benzene rings is 3. The molecule has 0 fully saturated rings. The molecule has 5 nitrogen and oxygen atoms in total. The number of hydrogen-bond donors (Lipinski definition) is 2. The molecule has 0 saturated heterocycles. The summed E-state index contributed by atoms with van der Waals surface area (Å²) in [4.78, 5) is 12.2. The molecule has 2 N–H and O–H groups in total. The first-order chi connectivity index (χ1) is 14.9. The minimum atomic E-state index is -0.331. The lowest BCUT2D eigenvalue weighted by atomic mass is 10.2. The van der Waals surface area contributed by atoms with Crippen LogP contribution in [0.25, 0.3) is 0 Å². The van der Waals surface area contributed by atoms with Gasteiger partial charge in [0.1, 0.15) is 0 Å². The second kappa shape index (κ2) is 10.6. The van der Waals surface area contributed by atoms with Crippen LogP contribution in [0.3, 0.4) is 0 Å². The molecule has 0 aliphatic rings. The highest BCUT2D eigenvalue weighted by molar-refractivity contribution is 6.42. The molecule has 1 amide bonds. The Morgan fingerprint density at radius 3 is 2.32 bits per heavy atom. The van der Waals surface area contributed by atoms with Crippen LogP contribution in [-0.4, -0.2) is 19.6 Å². The van der Waals surface area contributed by atoms with E-state index in [-0.39, 0.29) is 12.5 Å². The number of rotatable bonds is 8. The largest absolute Gasteiger partial charge is 0.493 e. The van der Waals surface area contributed by atoms with Crippen molar-refractivity contribution in [2.75, 3.05) is 24.4 Å². The molecule has 3 aromatic rings. The van der Waals surface area contributed by atoms with Crippen molar-refractivity contribution in [1.82, 2.24) is 0 Å². The number of hydrogen-bond acceptors (Lipinski definition) is 4. The number of anilines is 2. The summed E-state index contributed by atoms with van der Waals surface area (Å²) in [5.74, 6) is 0.667. The Balaban J connectivity index is 1.58. The topological polar surface area (TPSA) is 59.6 Å². The molecule has 0 radical (unpaired) electrons. The second-order valence-corrected chi connectivity index (χ2v) is 7.99. The third kappa shape index (κ3) is 6.44. The minimum Gasteiger partial charge on any atom is -0.493 e. The highest BCUT2D eigenvalue weighted by atomic mass is 35.5. The van der Waals surface area contributed by atoms with E-state index in [1.807, 2.05) is 37.3 Å². The fourth-order valence-corrected chi connectivity index (χ4v) is 3.24. The number of amides is 1. The smallest absolute Gasteiger partial charge is 0.262 e. The third-order valence-electron chi connectivity index (χ3n) is 4.46. The molecular formula is C23H21Cl3N2O3. The normalized spacial score (nSPS) is 10.5. The van der Waals surface area contributed by atoms with Gasteiger partial charge in [-0.05, 0) is 60.5 Å². The maximum Gasteiger partial charge on any atom is 0.262 e. The van der Waals surface area contributed by atoms with Crippen LogP contribution in [0.2, 0.25) is 15.1 Å². The van der Waals surface area contributed by atoms with Gasteiger partial charge in [-0.1, -0.05) is 46.9 Å². The highest BCUT2D eigenvalue weighted by Crippen LogP contribution is 2.29. The fraction of sp³-hybridized carbons (Fsp3) is 0.174. The number of methoxy groups -OCH3 is 1. The van der Waals surface area contributed by atoms with Crippen molar-refractivity contribution >= 4 is 52.1 Å². The van der Waals surface area contributed by atoms with Crippen LogP contribution in [0.15, 0.2) is 54.6 Å². The Hall–Kier alpha value is -2.60. The van der Waals surface area contributed by atoms with Gasteiger partial charge in [-0.2, -0.15) is 0 Å². The van der Waals surface area contributed by atoms with Crippen LogP contribution in [0.4, 0.5) is 11.4 Å². The lowest BCUT2D eigenvalue weighted by Crippen LogP contribution is -2.20. The van der Waals surface area contributed by atoms with Crippen molar-refractivity contribution in [3.05, 3.63) is 80.8 Å². The average Bonchev–Trinajstić information content (AvgIpc) is 2.76. The zero-order valence-electron chi connectivity index (χ0n) is 17.0. The van der Waals surface area contributed by atoms with Gasteiger partial charge in [0.05, 0.1) is 17.2 Å². The molecule has 3 aromatic carbocycles. The van der Waals surface area contributed by atoms with Crippen molar-refractivity contribution in [1.29, 1.82) is 0 Å². The van der Waals surface area contributed by atoms with Crippen LogP contribution in [0.5, 0.6) is 11.5 Å². The molecule has 0 atom stereocenters. The van der Waals surface area contributed by atoms with Crippen molar-refractivity contribution in [2.24, 2.45) is 0 Å². The van der Waals surface area contributed by atoms with Crippen LogP contribution in [0, 0.1) is 6.92 Å². The molecule has 0 bridgehead atoms. The van der Waals surface area contributed by atoms with E-state index in [0.29, 0.717) is 38.8 Å². The van der Waals surface area contributed by atoms with E-state index in [4.69, 9.17) is 44.3 Å². The average molecular weight is 480 g/mol. The number of aryl methyl sites for hydroxylation is 1. The summed E-state index contributed by atoms with van der Waals surface area (Å²) in [7, 11) is 1.55. The van der Waals surface area contributed by atoms with Crippen LogP contribution in [0.1, 0.15) is 11.1 Å². The first kappa shape index (κ1) is 23.1. The van der Waals surface area contributed by atoms with E-state index in [2.05, 4.69) is 10.6 Å². The SMILES string of the molecule is COc1cc(CNc2ccc(C)c(Cl)c2)ccc1OCC(=O)Nc1ccc(Cl)c(Cl)c1. The van der Waals surface area contributed by atoms with Gasteiger partial charge >= 0.3 is 0 Å². The second-order valence-electron chi connectivity index (χ2n) is 6.77. The molecule has 0 spiro atoms. The highest BCUT2D eigenvalue weighted by Gasteiger charge is 2.10. The monoisotopic (exact) mass is 478 g/mol. The Morgan fingerprint density at radius 1 is 0.871 bits per heavy atom. The van der Waals surface area contributed by atoms with E-state index in [9.17, 15) is 4.79 Å². The van der Waals surface area contributed by atoms with Crippen molar-refractivity contribution in [2.45, 2.75) is 13.5 Å².